The summed E-state index contributed by atoms with van der Waals surface area (Å²) < 4.78 is 2.50. The molecular weight excluding hydrogens is 224 g/mol. The average molecular weight is 238 g/mol. The standard InChI is InChI=1S/C9H14N6O2/c1-3-4-15-6-5(11-8(12-6)13-10)7(16)14(2)9(15)17/h3-4,10H2,1-2H3,(H2,11,12,13). The van der Waals surface area contributed by atoms with Crippen molar-refractivity contribution in [3.8, 4) is 0 Å². The molecule has 0 radical (unpaired) electrons. The summed E-state index contributed by atoms with van der Waals surface area (Å²) in [6.07, 6.45) is 0.769. The Morgan fingerprint density at radius 1 is 1.47 bits per heavy atom. The van der Waals surface area contributed by atoms with Gasteiger partial charge in [0.05, 0.1) is 0 Å². The molecule has 0 spiro atoms. The van der Waals surface area contributed by atoms with Crippen LogP contribution in [-0.4, -0.2) is 19.1 Å². The van der Waals surface area contributed by atoms with Crippen LogP contribution < -0.4 is 22.5 Å². The molecule has 0 aliphatic carbocycles. The number of imidazole rings is 1. The van der Waals surface area contributed by atoms with Crippen molar-refractivity contribution in [2.75, 3.05) is 5.43 Å². The molecule has 0 saturated heterocycles. The summed E-state index contributed by atoms with van der Waals surface area (Å²) in [5.74, 6) is 5.48. The number of rotatable bonds is 3. The molecule has 0 fully saturated rings. The van der Waals surface area contributed by atoms with Gasteiger partial charge in [-0.3, -0.25) is 19.4 Å². The molecule has 2 heterocycles. The quantitative estimate of drug-likeness (QED) is 0.475. The number of hydrogen-bond donors (Lipinski definition) is 3. The number of hydrogen-bond acceptors (Lipinski definition) is 5. The number of nitrogens with one attached hydrogen (secondary N) is 2. The summed E-state index contributed by atoms with van der Waals surface area (Å²) in [5.41, 5.74) is 2.13. The van der Waals surface area contributed by atoms with Gasteiger partial charge in [0.2, 0.25) is 5.95 Å². The number of fused-ring (bicyclic) bond motifs is 1. The molecule has 2 aromatic heterocycles. The molecule has 0 amide bonds. The van der Waals surface area contributed by atoms with Gasteiger partial charge in [0, 0.05) is 13.6 Å². The number of nitrogen functional groups attached to an aromatic ring is 1. The predicted octanol–water partition coefficient (Wildman–Crippen LogP) is -0.881. The molecule has 17 heavy (non-hydrogen) atoms. The fourth-order valence-electron chi connectivity index (χ4n) is 1.73. The summed E-state index contributed by atoms with van der Waals surface area (Å²) in [4.78, 5) is 30.6. The smallest absolute Gasteiger partial charge is 0.317 e. The molecule has 4 N–H and O–H groups in total. The molecule has 0 bridgehead atoms. The second-order valence-electron chi connectivity index (χ2n) is 3.73. The van der Waals surface area contributed by atoms with Gasteiger partial charge < -0.3 is 4.98 Å². The molecule has 0 aliphatic heterocycles. The number of aromatic amines is 1. The van der Waals surface area contributed by atoms with Crippen LogP contribution in [0, 0.1) is 0 Å². The van der Waals surface area contributed by atoms with Crippen LogP contribution in [0.2, 0.25) is 0 Å². The maximum atomic E-state index is 11.9. The molecule has 0 atom stereocenters. The van der Waals surface area contributed by atoms with Gasteiger partial charge in [-0.05, 0) is 6.42 Å². The summed E-state index contributed by atoms with van der Waals surface area (Å²) in [6, 6.07) is 0. The Bertz CT molecular complexity index is 664. The maximum Gasteiger partial charge on any atom is 0.332 e. The van der Waals surface area contributed by atoms with Crippen molar-refractivity contribution in [1.29, 1.82) is 0 Å². The lowest BCUT2D eigenvalue weighted by Gasteiger charge is -2.06. The normalized spacial score (nSPS) is 11.0. The third-order valence-electron chi connectivity index (χ3n) is 2.56. The van der Waals surface area contributed by atoms with Gasteiger partial charge in [-0.15, -0.1) is 0 Å². The summed E-state index contributed by atoms with van der Waals surface area (Å²) in [5, 5.41) is 0. The molecule has 8 heteroatoms. The molecule has 8 nitrogen and oxygen atoms in total. The van der Waals surface area contributed by atoms with Crippen molar-refractivity contribution in [3.05, 3.63) is 20.8 Å². The fourth-order valence-corrected chi connectivity index (χ4v) is 1.73. The number of nitrogens with two attached hydrogens (primary N) is 1. The molecule has 2 aromatic rings. The van der Waals surface area contributed by atoms with E-state index in [1.165, 1.54) is 11.6 Å². The number of aromatic nitrogens is 4. The number of H-pyrrole nitrogens is 1. The van der Waals surface area contributed by atoms with Gasteiger partial charge in [-0.1, -0.05) is 6.92 Å². The average Bonchev–Trinajstić information content (AvgIpc) is 2.76. The highest BCUT2D eigenvalue weighted by Crippen LogP contribution is 2.08. The highest BCUT2D eigenvalue weighted by atomic mass is 16.2. The first kappa shape index (κ1) is 11.4. The molecule has 0 unspecified atom stereocenters. The maximum absolute atomic E-state index is 11.9. The van der Waals surface area contributed by atoms with E-state index in [0.29, 0.717) is 12.2 Å². The van der Waals surface area contributed by atoms with Crippen molar-refractivity contribution in [1.82, 2.24) is 19.1 Å². The van der Waals surface area contributed by atoms with Crippen LogP contribution in [0.4, 0.5) is 5.95 Å². The van der Waals surface area contributed by atoms with Gasteiger partial charge in [-0.2, -0.15) is 4.98 Å². The monoisotopic (exact) mass is 238 g/mol. The minimum Gasteiger partial charge on any atom is -0.317 e. The van der Waals surface area contributed by atoms with Gasteiger partial charge in [0.25, 0.3) is 5.56 Å². The zero-order valence-electron chi connectivity index (χ0n) is 9.65. The Hall–Kier alpha value is -2.09. The second-order valence-corrected chi connectivity index (χ2v) is 3.73. The fraction of sp³-hybridized carbons (Fsp3) is 0.444. The molecule has 2 rings (SSSR count). The van der Waals surface area contributed by atoms with Crippen LogP contribution in [0.3, 0.4) is 0 Å². The minimum absolute atomic E-state index is 0.257. The third kappa shape index (κ3) is 1.62. The number of aryl methyl sites for hydroxylation is 1. The lowest BCUT2D eigenvalue weighted by molar-refractivity contribution is 0.611. The van der Waals surface area contributed by atoms with E-state index in [9.17, 15) is 9.59 Å². The Kier molecular flexibility index (Phi) is 2.72. The van der Waals surface area contributed by atoms with Crippen LogP contribution in [0.1, 0.15) is 13.3 Å². The van der Waals surface area contributed by atoms with Gasteiger partial charge in [0.1, 0.15) is 0 Å². The number of nitrogens with zero attached hydrogens (tertiary/aromatic N) is 3. The molecule has 0 saturated carbocycles. The first-order valence-electron chi connectivity index (χ1n) is 5.26. The van der Waals surface area contributed by atoms with Crippen molar-refractivity contribution in [3.63, 3.8) is 0 Å². The number of anilines is 1. The summed E-state index contributed by atoms with van der Waals surface area (Å²) >= 11 is 0. The molecule has 0 aromatic carbocycles. The van der Waals surface area contributed by atoms with Crippen LogP contribution in [0.5, 0.6) is 0 Å². The highest BCUT2D eigenvalue weighted by Gasteiger charge is 2.14. The Balaban J connectivity index is 2.91. The number of hydrazine groups is 1. The third-order valence-corrected chi connectivity index (χ3v) is 2.56. The van der Waals surface area contributed by atoms with Crippen molar-refractivity contribution in [2.45, 2.75) is 19.9 Å². The van der Waals surface area contributed by atoms with E-state index >= 15 is 0 Å². The van der Waals surface area contributed by atoms with Crippen molar-refractivity contribution in [2.24, 2.45) is 12.9 Å². The lowest BCUT2D eigenvalue weighted by Crippen LogP contribution is -2.38. The van der Waals surface area contributed by atoms with E-state index in [1.54, 1.807) is 0 Å². The Labute approximate surface area is 96.0 Å². The summed E-state index contributed by atoms with van der Waals surface area (Å²) in [6.45, 7) is 2.44. The zero-order chi connectivity index (χ0) is 12.6. The van der Waals surface area contributed by atoms with E-state index in [-0.39, 0.29) is 17.2 Å². The van der Waals surface area contributed by atoms with E-state index in [0.717, 1.165) is 11.0 Å². The highest BCUT2D eigenvalue weighted by molar-refractivity contribution is 5.72. The Morgan fingerprint density at radius 3 is 2.76 bits per heavy atom. The van der Waals surface area contributed by atoms with Crippen molar-refractivity contribution < 1.29 is 0 Å². The molecule has 0 aliphatic rings. The van der Waals surface area contributed by atoms with Crippen LogP contribution in [-0.2, 0) is 13.6 Å². The molecular formula is C9H14N6O2. The lowest BCUT2D eigenvalue weighted by atomic mass is 10.4. The topological polar surface area (TPSA) is 111 Å². The zero-order valence-corrected chi connectivity index (χ0v) is 9.65. The van der Waals surface area contributed by atoms with E-state index in [2.05, 4.69) is 15.4 Å². The predicted molar refractivity (Wildman–Crippen MR) is 63.7 cm³/mol. The van der Waals surface area contributed by atoms with Gasteiger partial charge >= 0.3 is 5.69 Å². The van der Waals surface area contributed by atoms with E-state index in [1.807, 2.05) is 6.92 Å². The summed E-state index contributed by atoms with van der Waals surface area (Å²) in [7, 11) is 1.44. The minimum atomic E-state index is -0.411. The van der Waals surface area contributed by atoms with Crippen LogP contribution >= 0.6 is 0 Å². The SMILES string of the molecule is CCCn1c(=O)n(C)c(=O)c2[nH]c(NN)nc21. The van der Waals surface area contributed by atoms with E-state index in [4.69, 9.17) is 5.84 Å². The molecule has 92 valence electrons. The first-order chi connectivity index (χ1) is 8.10. The Morgan fingerprint density at radius 2 is 2.18 bits per heavy atom. The van der Waals surface area contributed by atoms with Crippen LogP contribution in [0.15, 0.2) is 9.59 Å². The first-order valence-corrected chi connectivity index (χ1v) is 5.26. The largest absolute Gasteiger partial charge is 0.332 e. The van der Waals surface area contributed by atoms with Gasteiger partial charge in [-0.25, -0.2) is 10.6 Å². The van der Waals surface area contributed by atoms with Crippen LogP contribution in [0.25, 0.3) is 11.2 Å². The second kappa shape index (κ2) is 4.06. The van der Waals surface area contributed by atoms with Crippen molar-refractivity contribution >= 4 is 17.1 Å². The van der Waals surface area contributed by atoms with E-state index < -0.39 is 5.56 Å². The van der Waals surface area contributed by atoms with Gasteiger partial charge in [0.15, 0.2) is 11.2 Å².